The Morgan fingerprint density at radius 2 is 1.75 bits per heavy atom. The number of nitrogens with one attached hydrogen (secondary N) is 1. The van der Waals surface area contributed by atoms with Gasteiger partial charge in [-0.1, -0.05) is 29.8 Å². The summed E-state index contributed by atoms with van der Waals surface area (Å²) in [6.45, 7) is 5.01. The number of ether oxygens (including phenoxy) is 2. The zero-order chi connectivity index (χ0) is 21.5. The third kappa shape index (κ3) is 3.66. The molecule has 6 nitrogen and oxygen atoms in total. The van der Waals surface area contributed by atoms with Crippen LogP contribution in [0, 0.1) is 0 Å². The topological polar surface area (TPSA) is 49.3 Å². The van der Waals surface area contributed by atoms with E-state index in [4.69, 9.17) is 26.1 Å². The number of piperazine rings is 1. The molecule has 1 fully saturated rings. The fourth-order valence-corrected chi connectivity index (χ4v) is 4.64. The van der Waals surface area contributed by atoms with Crippen LogP contribution in [-0.4, -0.2) is 42.8 Å². The smallest absolute Gasteiger partial charge is 0.231 e. The Morgan fingerprint density at radius 1 is 0.906 bits per heavy atom. The van der Waals surface area contributed by atoms with E-state index in [0.717, 1.165) is 72.0 Å². The van der Waals surface area contributed by atoms with Crippen LogP contribution in [0.4, 0.5) is 11.4 Å². The Hall–Kier alpha value is -3.22. The molecule has 0 amide bonds. The van der Waals surface area contributed by atoms with E-state index in [0.29, 0.717) is 11.8 Å². The van der Waals surface area contributed by atoms with Crippen LogP contribution in [0.5, 0.6) is 11.5 Å². The van der Waals surface area contributed by atoms with Gasteiger partial charge in [0, 0.05) is 43.0 Å². The molecule has 1 N–H and O–H groups in total. The number of hydrogen-bond donors (Lipinski definition) is 1. The SMILES string of the molecule is Clc1ccc2c(c1)=Nc1ccccc1NC=2N1CCN(Cc2ccc3c(c2)OCO3)CC1. The van der Waals surface area contributed by atoms with Crippen LogP contribution in [0.2, 0.25) is 5.02 Å². The summed E-state index contributed by atoms with van der Waals surface area (Å²) in [6.07, 6.45) is 0. The van der Waals surface area contributed by atoms with Gasteiger partial charge >= 0.3 is 0 Å². The van der Waals surface area contributed by atoms with E-state index < -0.39 is 0 Å². The van der Waals surface area contributed by atoms with E-state index in [2.05, 4.69) is 39.4 Å². The highest BCUT2D eigenvalue weighted by Crippen LogP contribution is 2.33. The molecular weight excluding hydrogens is 424 g/mol. The second-order valence-electron chi connectivity index (χ2n) is 8.21. The molecular formula is C25H23ClN4O2. The molecule has 1 saturated heterocycles. The van der Waals surface area contributed by atoms with Crippen molar-refractivity contribution >= 4 is 28.8 Å². The van der Waals surface area contributed by atoms with Crippen molar-refractivity contribution in [3.63, 3.8) is 0 Å². The lowest BCUT2D eigenvalue weighted by Gasteiger charge is -2.37. The molecule has 0 unspecified atom stereocenters. The molecule has 0 spiro atoms. The van der Waals surface area contributed by atoms with Gasteiger partial charge in [-0.2, -0.15) is 0 Å². The molecule has 0 saturated carbocycles. The summed E-state index contributed by atoms with van der Waals surface area (Å²) in [4.78, 5) is 9.78. The molecule has 7 heteroatoms. The van der Waals surface area contributed by atoms with Gasteiger partial charge in [-0.25, -0.2) is 4.99 Å². The second-order valence-corrected chi connectivity index (χ2v) is 8.65. The van der Waals surface area contributed by atoms with E-state index in [1.807, 2.05) is 36.4 Å². The van der Waals surface area contributed by atoms with Crippen LogP contribution in [0.1, 0.15) is 5.56 Å². The van der Waals surface area contributed by atoms with E-state index >= 15 is 0 Å². The van der Waals surface area contributed by atoms with Crippen molar-refractivity contribution in [1.82, 2.24) is 9.80 Å². The van der Waals surface area contributed by atoms with Gasteiger partial charge < -0.3 is 19.7 Å². The van der Waals surface area contributed by atoms with Crippen molar-refractivity contribution in [3.8, 4) is 11.5 Å². The average molecular weight is 447 g/mol. The summed E-state index contributed by atoms with van der Waals surface area (Å²) < 4.78 is 11.0. The van der Waals surface area contributed by atoms with Crippen LogP contribution >= 0.6 is 11.6 Å². The Labute approximate surface area is 191 Å². The number of hydrogen-bond acceptors (Lipinski definition) is 6. The number of benzene rings is 3. The third-order valence-corrected chi connectivity index (χ3v) is 6.38. The highest BCUT2D eigenvalue weighted by atomic mass is 35.5. The van der Waals surface area contributed by atoms with Crippen molar-refractivity contribution in [2.45, 2.75) is 6.54 Å². The molecule has 0 atom stereocenters. The summed E-state index contributed by atoms with van der Waals surface area (Å²) in [5.41, 5.74) is 3.18. The lowest BCUT2D eigenvalue weighted by molar-refractivity contribution is 0.167. The first-order chi connectivity index (χ1) is 15.7. The van der Waals surface area contributed by atoms with Gasteiger partial charge in [0.15, 0.2) is 11.5 Å². The Kier molecular flexibility index (Phi) is 4.89. The summed E-state index contributed by atoms with van der Waals surface area (Å²) in [7, 11) is 0. The first-order valence-electron chi connectivity index (χ1n) is 10.8. The molecule has 0 radical (unpaired) electrons. The number of halogens is 1. The highest BCUT2D eigenvalue weighted by molar-refractivity contribution is 6.30. The predicted molar refractivity (Wildman–Crippen MR) is 125 cm³/mol. The molecule has 3 aromatic rings. The van der Waals surface area contributed by atoms with E-state index in [-0.39, 0.29) is 0 Å². The number of nitrogens with zero attached hydrogens (tertiary/aromatic N) is 3. The minimum absolute atomic E-state index is 0.311. The fraction of sp³-hybridized carbons (Fsp3) is 0.240. The van der Waals surface area contributed by atoms with Gasteiger partial charge in [-0.05, 0) is 48.0 Å². The highest BCUT2D eigenvalue weighted by Gasteiger charge is 2.22. The molecule has 32 heavy (non-hydrogen) atoms. The van der Waals surface area contributed by atoms with Crippen molar-refractivity contribution < 1.29 is 9.47 Å². The Bertz CT molecular complexity index is 1300. The van der Waals surface area contributed by atoms with Gasteiger partial charge in [0.25, 0.3) is 0 Å². The zero-order valence-electron chi connectivity index (χ0n) is 17.6. The minimum atomic E-state index is 0.311. The number of para-hydroxylation sites is 2. The predicted octanol–water partition coefficient (Wildman–Crippen LogP) is 3.33. The Morgan fingerprint density at radius 3 is 2.66 bits per heavy atom. The molecule has 0 aromatic heterocycles. The lowest BCUT2D eigenvalue weighted by atomic mass is 10.1. The first kappa shape index (κ1) is 19.5. The monoisotopic (exact) mass is 446 g/mol. The maximum atomic E-state index is 6.30. The standard InChI is InChI=1S/C25H23ClN4O2/c26-18-6-7-19-22(14-18)27-20-3-1-2-4-21(20)28-25(19)30-11-9-29(10-12-30)15-17-5-8-23-24(13-17)32-16-31-23/h1-8,13-14,28H,9-12,15-16H2. The molecule has 3 aliphatic rings. The molecule has 3 aliphatic heterocycles. The number of rotatable bonds is 3. The average Bonchev–Trinajstić information content (AvgIpc) is 3.21. The van der Waals surface area contributed by atoms with E-state index in [1.54, 1.807) is 0 Å². The molecule has 162 valence electrons. The lowest BCUT2D eigenvalue weighted by Crippen LogP contribution is -2.48. The summed E-state index contributed by atoms with van der Waals surface area (Å²) >= 11 is 6.30. The van der Waals surface area contributed by atoms with Crippen LogP contribution < -0.4 is 25.4 Å². The first-order valence-corrected chi connectivity index (χ1v) is 11.2. The van der Waals surface area contributed by atoms with Crippen molar-refractivity contribution in [3.05, 3.63) is 81.8 Å². The minimum Gasteiger partial charge on any atom is -0.454 e. The van der Waals surface area contributed by atoms with Crippen LogP contribution in [0.25, 0.3) is 5.82 Å². The molecule has 0 bridgehead atoms. The van der Waals surface area contributed by atoms with Crippen LogP contribution in [-0.2, 0) is 6.54 Å². The second kappa shape index (κ2) is 8.04. The van der Waals surface area contributed by atoms with Crippen molar-refractivity contribution in [2.24, 2.45) is 4.99 Å². The summed E-state index contributed by atoms with van der Waals surface area (Å²) in [5, 5.41) is 6.32. The molecule has 3 heterocycles. The molecule has 0 aliphatic carbocycles. The van der Waals surface area contributed by atoms with Crippen molar-refractivity contribution in [1.29, 1.82) is 0 Å². The number of anilines is 1. The fourth-order valence-electron chi connectivity index (χ4n) is 4.48. The molecule has 6 rings (SSSR count). The van der Waals surface area contributed by atoms with Gasteiger partial charge in [-0.3, -0.25) is 4.90 Å². The van der Waals surface area contributed by atoms with E-state index in [9.17, 15) is 0 Å². The van der Waals surface area contributed by atoms with Crippen LogP contribution in [0.3, 0.4) is 0 Å². The maximum absolute atomic E-state index is 6.30. The normalized spacial score (nSPS) is 17.2. The Balaban J connectivity index is 1.24. The molecule has 3 aromatic carbocycles. The quantitative estimate of drug-likeness (QED) is 0.668. The van der Waals surface area contributed by atoms with Crippen molar-refractivity contribution in [2.75, 3.05) is 38.3 Å². The van der Waals surface area contributed by atoms with Crippen LogP contribution in [0.15, 0.2) is 65.7 Å². The third-order valence-electron chi connectivity index (χ3n) is 6.14. The number of fused-ring (bicyclic) bond motifs is 3. The van der Waals surface area contributed by atoms with Gasteiger partial charge in [0.1, 0.15) is 5.82 Å². The largest absolute Gasteiger partial charge is 0.454 e. The van der Waals surface area contributed by atoms with E-state index in [1.165, 1.54) is 5.56 Å². The van der Waals surface area contributed by atoms with Gasteiger partial charge in [0.2, 0.25) is 6.79 Å². The maximum Gasteiger partial charge on any atom is 0.231 e. The summed E-state index contributed by atoms with van der Waals surface area (Å²) in [6, 6.07) is 20.3. The summed E-state index contributed by atoms with van der Waals surface area (Å²) in [5.74, 6) is 2.77. The van der Waals surface area contributed by atoms with Gasteiger partial charge in [0.05, 0.1) is 16.7 Å². The zero-order valence-corrected chi connectivity index (χ0v) is 18.3. The van der Waals surface area contributed by atoms with Gasteiger partial charge in [-0.15, -0.1) is 0 Å².